The number of pyridine rings is 2. The minimum absolute atomic E-state index is 0.0505. The molecule has 1 atom stereocenters. The number of benzene rings is 1. The van der Waals surface area contributed by atoms with Gasteiger partial charge in [-0.1, -0.05) is 12.1 Å². The van der Waals surface area contributed by atoms with Gasteiger partial charge >= 0.3 is 0 Å². The summed E-state index contributed by atoms with van der Waals surface area (Å²) in [7, 11) is 0. The summed E-state index contributed by atoms with van der Waals surface area (Å²) in [5, 5.41) is 3.32. The number of nitrogens with zero attached hydrogens (tertiary/aromatic N) is 2. The summed E-state index contributed by atoms with van der Waals surface area (Å²) in [6.07, 6.45) is 5.49. The fraction of sp³-hybridized carbons (Fsp3) is 0.158. The van der Waals surface area contributed by atoms with Gasteiger partial charge in [-0.15, -0.1) is 0 Å². The Morgan fingerprint density at radius 1 is 0.957 bits per heavy atom. The minimum atomic E-state index is -0.227. The highest BCUT2D eigenvalue weighted by Crippen LogP contribution is 2.22. The van der Waals surface area contributed by atoms with Gasteiger partial charge in [0.15, 0.2) is 0 Å². The molecule has 0 bridgehead atoms. The van der Waals surface area contributed by atoms with E-state index in [2.05, 4.69) is 21.4 Å². The van der Waals surface area contributed by atoms with E-state index in [-0.39, 0.29) is 11.9 Å². The molecule has 0 saturated carbocycles. The summed E-state index contributed by atoms with van der Waals surface area (Å²) in [6.45, 7) is 4.04. The summed E-state index contributed by atoms with van der Waals surface area (Å²) < 4.78 is 13.0. The van der Waals surface area contributed by atoms with Crippen molar-refractivity contribution in [1.29, 1.82) is 0 Å². The Morgan fingerprint density at radius 3 is 2.39 bits per heavy atom. The highest BCUT2D eigenvalue weighted by Gasteiger charge is 2.07. The van der Waals surface area contributed by atoms with Gasteiger partial charge in [-0.2, -0.15) is 0 Å². The van der Waals surface area contributed by atoms with Gasteiger partial charge < -0.3 is 5.32 Å². The zero-order valence-corrected chi connectivity index (χ0v) is 13.1. The van der Waals surface area contributed by atoms with Gasteiger partial charge in [0.1, 0.15) is 11.6 Å². The van der Waals surface area contributed by atoms with Crippen LogP contribution in [0.5, 0.6) is 0 Å². The van der Waals surface area contributed by atoms with E-state index in [9.17, 15) is 4.39 Å². The highest BCUT2D eigenvalue weighted by atomic mass is 19.1. The van der Waals surface area contributed by atoms with E-state index >= 15 is 0 Å². The van der Waals surface area contributed by atoms with Crippen LogP contribution >= 0.6 is 0 Å². The molecule has 2 aromatic heterocycles. The topological polar surface area (TPSA) is 37.8 Å². The molecule has 0 spiro atoms. The number of anilines is 1. The van der Waals surface area contributed by atoms with Crippen molar-refractivity contribution in [3.8, 4) is 11.1 Å². The molecule has 3 aromatic rings. The number of hydrogen-bond acceptors (Lipinski definition) is 3. The lowest BCUT2D eigenvalue weighted by atomic mass is 10.1. The van der Waals surface area contributed by atoms with Crippen LogP contribution in [0.2, 0.25) is 0 Å². The summed E-state index contributed by atoms with van der Waals surface area (Å²) in [6, 6.07) is 12.6. The molecule has 23 heavy (non-hydrogen) atoms. The first-order valence-corrected chi connectivity index (χ1v) is 7.52. The second kappa shape index (κ2) is 6.57. The maximum Gasteiger partial charge on any atom is 0.126 e. The Bertz CT molecular complexity index is 782. The first-order chi connectivity index (χ1) is 11.1. The fourth-order valence-electron chi connectivity index (χ4n) is 2.42. The van der Waals surface area contributed by atoms with Crippen LogP contribution in [0.4, 0.5) is 10.2 Å². The largest absolute Gasteiger partial charge is 0.364 e. The van der Waals surface area contributed by atoms with E-state index in [1.165, 1.54) is 12.1 Å². The molecule has 3 nitrogen and oxygen atoms in total. The number of aromatic nitrogens is 2. The van der Waals surface area contributed by atoms with Gasteiger partial charge in [0.2, 0.25) is 0 Å². The molecule has 116 valence electrons. The second-order valence-electron chi connectivity index (χ2n) is 5.60. The summed E-state index contributed by atoms with van der Waals surface area (Å²) in [5.41, 5.74) is 4.21. The molecule has 2 heterocycles. The van der Waals surface area contributed by atoms with E-state index in [4.69, 9.17) is 0 Å². The predicted molar refractivity (Wildman–Crippen MR) is 90.6 cm³/mol. The van der Waals surface area contributed by atoms with E-state index in [0.29, 0.717) is 0 Å². The van der Waals surface area contributed by atoms with E-state index in [1.54, 1.807) is 12.1 Å². The minimum Gasteiger partial charge on any atom is -0.364 e. The molecule has 0 aliphatic carbocycles. The number of nitrogens with one attached hydrogen (secondary N) is 1. The van der Waals surface area contributed by atoms with Crippen LogP contribution in [-0.4, -0.2) is 9.97 Å². The molecule has 0 unspecified atom stereocenters. The van der Waals surface area contributed by atoms with Crippen molar-refractivity contribution in [3.63, 3.8) is 0 Å². The molecule has 0 amide bonds. The molecule has 0 saturated heterocycles. The fourth-order valence-corrected chi connectivity index (χ4v) is 2.42. The molecular weight excluding hydrogens is 289 g/mol. The van der Waals surface area contributed by atoms with Crippen LogP contribution in [0.3, 0.4) is 0 Å². The van der Waals surface area contributed by atoms with Crippen LogP contribution in [0, 0.1) is 12.7 Å². The van der Waals surface area contributed by atoms with Crippen LogP contribution in [0.1, 0.15) is 24.1 Å². The lowest BCUT2D eigenvalue weighted by Crippen LogP contribution is -2.07. The van der Waals surface area contributed by atoms with Crippen LogP contribution in [0.15, 0.2) is 61.1 Å². The monoisotopic (exact) mass is 307 g/mol. The van der Waals surface area contributed by atoms with Crippen molar-refractivity contribution >= 4 is 5.82 Å². The normalized spacial score (nSPS) is 12.0. The van der Waals surface area contributed by atoms with Crippen LogP contribution in [0.25, 0.3) is 11.1 Å². The maximum atomic E-state index is 13.0. The number of rotatable bonds is 4. The van der Waals surface area contributed by atoms with E-state index in [1.807, 2.05) is 44.6 Å². The first-order valence-electron chi connectivity index (χ1n) is 7.52. The number of hydrogen-bond donors (Lipinski definition) is 1. The summed E-state index contributed by atoms with van der Waals surface area (Å²) >= 11 is 0. The van der Waals surface area contributed by atoms with Crippen molar-refractivity contribution in [3.05, 3.63) is 78.0 Å². The Balaban J connectivity index is 1.73. The SMILES string of the molecule is Cc1cncc(-c2ccc(N[C@H](C)c3ccc(F)cc3)nc2)c1. The first kappa shape index (κ1) is 15.2. The quantitative estimate of drug-likeness (QED) is 0.755. The van der Waals surface area contributed by atoms with E-state index in [0.717, 1.165) is 28.1 Å². The average Bonchev–Trinajstić information content (AvgIpc) is 2.56. The van der Waals surface area contributed by atoms with Crippen molar-refractivity contribution in [2.45, 2.75) is 19.9 Å². The molecule has 0 radical (unpaired) electrons. The molecule has 0 aliphatic rings. The van der Waals surface area contributed by atoms with E-state index < -0.39 is 0 Å². The van der Waals surface area contributed by atoms with Crippen molar-refractivity contribution in [1.82, 2.24) is 9.97 Å². The molecule has 1 N–H and O–H groups in total. The third-order valence-electron chi connectivity index (χ3n) is 3.71. The van der Waals surface area contributed by atoms with Crippen LogP contribution < -0.4 is 5.32 Å². The van der Waals surface area contributed by atoms with Crippen LogP contribution in [-0.2, 0) is 0 Å². The standard InChI is InChI=1S/C19H18FN3/c1-13-9-17(11-21-10-13)16-5-8-19(22-12-16)23-14(2)15-3-6-18(20)7-4-15/h3-12,14H,1-2H3,(H,22,23)/t14-/m1/s1. The molecule has 0 fully saturated rings. The Kier molecular flexibility index (Phi) is 4.33. The average molecular weight is 307 g/mol. The molecule has 4 heteroatoms. The zero-order chi connectivity index (χ0) is 16.2. The van der Waals surface area contributed by atoms with Gasteiger partial charge in [-0.05, 0) is 55.3 Å². The molecule has 3 rings (SSSR count). The summed E-state index contributed by atoms with van der Waals surface area (Å²) in [5.74, 6) is 0.557. The molecular formula is C19H18FN3. The van der Waals surface area contributed by atoms with Crippen molar-refractivity contribution in [2.75, 3.05) is 5.32 Å². The van der Waals surface area contributed by atoms with Gasteiger partial charge in [-0.25, -0.2) is 9.37 Å². The molecule has 0 aliphatic heterocycles. The van der Waals surface area contributed by atoms with Crippen molar-refractivity contribution in [2.24, 2.45) is 0 Å². The smallest absolute Gasteiger partial charge is 0.126 e. The third-order valence-corrected chi connectivity index (χ3v) is 3.71. The molecule has 1 aromatic carbocycles. The highest BCUT2D eigenvalue weighted by molar-refractivity contribution is 5.63. The zero-order valence-electron chi connectivity index (χ0n) is 13.1. The maximum absolute atomic E-state index is 13.0. The summed E-state index contributed by atoms with van der Waals surface area (Å²) in [4.78, 5) is 8.66. The predicted octanol–water partition coefficient (Wildman–Crippen LogP) is 4.76. The van der Waals surface area contributed by atoms with Gasteiger partial charge in [-0.3, -0.25) is 4.98 Å². The Morgan fingerprint density at radius 2 is 1.74 bits per heavy atom. The van der Waals surface area contributed by atoms with Gasteiger partial charge in [0, 0.05) is 35.8 Å². The van der Waals surface area contributed by atoms with Crippen molar-refractivity contribution < 1.29 is 4.39 Å². The Hall–Kier alpha value is -2.75. The lowest BCUT2D eigenvalue weighted by molar-refractivity contribution is 0.626. The van der Waals surface area contributed by atoms with Gasteiger partial charge in [0.25, 0.3) is 0 Å². The second-order valence-corrected chi connectivity index (χ2v) is 5.60. The number of aryl methyl sites for hydroxylation is 1. The lowest BCUT2D eigenvalue weighted by Gasteiger charge is -2.15. The number of halogens is 1. The van der Waals surface area contributed by atoms with Gasteiger partial charge in [0.05, 0.1) is 0 Å². The Labute approximate surface area is 135 Å². The third kappa shape index (κ3) is 3.72.